The Bertz CT molecular complexity index is 803. The summed E-state index contributed by atoms with van der Waals surface area (Å²) in [5, 5.41) is 0. The maximum absolute atomic E-state index is 12.4. The van der Waals surface area contributed by atoms with Crippen LogP contribution in [0.15, 0.2) is 18.2 Å². The molecule has 7 nitrogen and oxygen atoms in total. The molecular formula is C22H35N3O4S. The largest absolute Gasteiger partial charge is 0.484 e. The van der Waals surface area contributed by atoms with Gasteiger partial charge in [0.05, 0.1) is 11.4 Å². The van der Waals surface area contributed by atoms with Gasteiger partial charge in [0.1, 0.15) is 12.7 Å². The molecule has 30 heavy (non-hydrogen) atoms. The maximum Gasteiger partial charge on any atom is 0.211 e. The third-order valence-electron chi connectivity index (χ3n) is 6.39. The molecule has 1 saturated heterocycles. The molecule has 1 N–H and O–H groups in total. The molecule has 2 fully saturated rings. The van der Waals surface area contributed by atoms with Gasteiger partial charge >= 0.3 is 0 Å². The Morgan fingerprint density at radius 3 is 2.63 bits per heavy atom. The third-order valence-corrected chi connectivity index (χ3v) is 7.95. The van der Waals surface area contributed by atoms with Gasteiger partial charge in [0.15, 0.2) is 11.5 Å². The highest BCUT2D eigenvalue weighted by molar-refractivity contribution is 7.89. The van der Waals surface area contributed by atoms with Crippen LogP contribution in [0, 0.1) is 5.92 Å². The Morgan fingerprint density at radius 1 is 1.10 bits per heavy atom. The van der Waals surface area contributed by atoms with Crippen molar-refractivity contribution >= 4 is 15.7 Å². The molecule has 1 atom stereocenters. The van der Waals surface area contributed by atoms with Crippen LogP contribution in [-0.2, 0) is 10.0 Å². The van der Waals surface area contributed by atoms with Gasteiger partial charge in [-0.15, -0.1) is 0 Å². The van der Waals surface area contributed by atoms with E-state index in [9.17, 15) is 8.42 Å². The normalized spacial score (nSPS) is 23.5. The number of fused-ring (bicyclic) bond motifs is 1. The smallest absolute Gasteiger partial charge is 0.211 e. The standard InChI is InChI=1S/C22H35N3O4S/c1-18-16-28-22-20(8-5-9-21(22)29-18)25-14-12-24(13-15-25)11-10-23-30(26,27)17-19-6-3-2-4-7-19/h5,8-9,18-19,23H,2-4,6-7,10-17H2,1H3. The van der Waals surface area contributed by atoms with Gasteiger partial charge in [-0.05, 0) is 37.8 Å². The number of hydrogen-bond donors (Lipinski definition) is 1. The average Bonchev–Trinajstić information content (AvgIpc) is 2.74. The fourth-order valence-electron chi connectivity index (χ4n) is 4.74. The van der Waals surface area contributed by atoms with E-state index in [0.717, 1.165) is 62.8 Å². The van der Waals surface area contributed by atoms with Gasteiger partial charge in [0.25, 0.3) is 0 Å². The number of nitrogens with zero attached hydrogens (tertiary/aromatic N) is 2. The van der Waals surface area contributed by atoms with Crippen molar-refractivity contribution in [3.05, 3.63) is 18.2 Å². The first kappa shape index (κ1) is 21.7. The summed E-state index contributed by atoms with van der Waals surface area (Å²) in [5.41, 5.74) is 1.09. The number of nitrogens with one attached hydrogen (secondary N) is 1. The summed E-state index contributed by atoms with van der Waals surface area (Å²) in [6.07, 6.45) is 5.78. The Kier molecular flexibility index (Phi) is 7.05. The van der Waals surface area contributed by atoms with E-state index in [0.29, 0.717) is 24.8 Å². The highest BCUT2D eigenvalue weighted by Crippen LogP contribution is 2.40. The van der Waals surface area contributed by atoms with Gasteiger partial charge in [0, 0.05) is 39.3 Å². The van der Waals surface area contributed by atoms with E-state index in [1.165, 1.54) is 19.3 Å². The first-order chi connectivity index (χ1) is 14.5. The van der Waals surface area contributed by atoms with Crippen LogP contribution in [-0.4, -0.2) is 71.0 Å². The van der Waals surface area contributed by atoms with Crippen LogP contribution < -0.4 is 19.1 Å². The summed E-state index contributed by atoms with van der Waals surface area (Å²) in [6, 6.07) is 6.07. The van der Waals surface area contributed by atoms with Crippen molar-refractivity contribution in [2.75, 3.05) is 56.5 Å². The molecule has 0 aromatic heterocycles. The van der Waals surface area contributed by atoms with Crippen molar-refractivity contribution in [2.24, 2.45) is 5.92 Å². The summed E-state index contributed by atoms with van der Waals surface area (Å²) >= 11 is 0. The van der Waals surface area contributed by atoms with Gasteiger partial charge in [-0.3, -0.25) is 4.90 Å². The molecule has 1 aromatic rings. The minimum Gasteiger partial charge on any atom is -0.484 e. The Morgan fingerprint density at radius 2 is 1.87 bits per heavy atom. The summed E-state index contributed by atoms with van der Waals surface area (Å²) in [6.45, 7) is 7.43. The number of sulfonamides is 1. The van der Waals surface area contributed by atoms with E-state index in [-0.39, 0.29) is 6.10 Å². The number of ether oxygens (including phenoxy) is 2. The molecule has 1 saturated carbocycles. The first-order valence-corrected chi connectivity index (χ1v) is 13.0. The third kappa shape index (κ3) is 5.59. The molecule has 0 spiro atoms. The lowest BCUT2D eigenvalue weighted by Gasteiger charge is -2.37. The second kappa shape index (κ2) is 9.75. The molecule has 0 amide bonds. The molecule has 2 heterocycles. The van der Waals surface area contributed by atoms with Crippen molar-refractivity contribution in [1.29, 1.82) is 0 Å². The van der Waals surface area contributed by atoms with Crippen molar-refractivity contribution in [3.63, 3.8) is 0 Å². The van der Waals surface area contributed by atoms with E-state index in [1.807, 2.05) is 19.1 Å². The van der Waals surface area contributed by atoms with Crippen LogP contribution in [0.1, 0.15) is 39.0 Å². The Balaban J connectivity index is 1.22. The first-order valence-electron chi connectivity index (χ1n) is 11.4. The van der Waals surface area contributed by atoms with Gasteiger partial charge in [-0.25, -0.2) is 13.1 Å². The summed E-state index contributed by atoms with van der Waals surface area (Å²) < 4.78 is 39.4. The fraction of sp³-hybridized carbons (Fsp3) is 0.727. The predicted octanol–water partition coefficient (Wildman–Crippen LogP) is 2.47. The van der Waals surface area contributed by atoms with E-state index in [4.69, 9.17) is 9.47 Å². The zero-order chi connectivity index (χ0) is 21.0. The molecular weight excluding hydrogens is 402 g/mol. The van der Waals surface area contributed by atoms with Crippen LogP contribution in [0.2, 0.25) is 0 Å². The van der Waals surface area contributed by atoms with Crippen LogP contribution in [0.5, 0.6) is 11.5 Å². The summed E-state index contributed by atoms with van der Waals surface area (Å²) in [5.74, 6) is 2.30. The highest BCUT2D eigenvalue weighted by Gasteiger charge is 2.26. The van der Waals surface area contributed by atoms with Crippen LogP contribution >= 0.6 is 0 Å². The van der Waals surface area contributed by atoms with Gasteiger partial charge in [-0.2, -0.15) is 0 Å². The minimum absolute atomic E-state index is 0.0755. The van der Waals surface area contributed by atoms with E-state index >= 15 is 0 Å². The number of piperazine rings is 1. The van der Waals surface area contributed by atoms with Crippen molar-refractivity contribution in [1.82, 2.24) is 9.62 Å². The molecule has 8 heteroatoms. The van der Waals surface area contributed by atoms with Crippen LogP contribution in [0.3, 0.4) is 0 Å². The molecule has 2 aliphatic heterocycles. The number of para-hydroxylation sites is 1. The number of benzene rings is 1. The zero-order valence-electron chi connectivity index (χ0n) is 18.0. The molecule has 168 valence electrons. The lowest BCUT2D eigenvalue weighted by Crippen LogP contribution is -2.48. The lowest BCUT2D eigenvalue weighted by atomic mass is 9.91. The molecule has 1 unspecified atom stereocenters. The van der Waals surface area contributed by atoms with Crippen LogP contribution in [0.25, 0.3) is 0 Å². The van der Waals surface area contributed by atoms with Gasteiger partial charge in [-0.1, -0.05) is 25.3 Å². The predicted molar refractivity (Wildman–Crippen MR) is 119 cm³/mol. The van der Waals surface area contributed by atoms with Crippen molar-refractivity contribution in [3.8, 4) is 11.5 Å². The van der Waals surface area contributed by atoms with Crippen molar-refractivity contribution in [2.45, 2.75) is 45.1 Å². The van der Waals surface area contributed by atoms with E-state index in [1.54, 1.807) is 0 Å². The van der Waals surface area contributed by atoms with Crippen LogP contribution in [0.4, 0.5) is 5.69 Å². The van der Waals surface area contributed by atoms with Crippen molar-refractivity contribution < 1.29 is 17.9 Å². The minimum atomic E-state index is -3.17. The zero-order valence-corrected chi connectivity index (χ0v) is 18.8. The van der Waals surface area contributed by atoms with E-state index < -0.39 is 10.0 Å². The number of anilines is 1. The monoisotopic (exact) mass is 437 g/mol. The highest BCUT2D eigenvalue weighted by atomic mass is 32.2. The maximum atomic E-state index is 12.4. The summed E-state index contributed by atoms with van der Waals surface area (Å²) in [7, 11) is -3.17. The second-order valence-corrected chi connectivity index (χ2v) is 10.7. The van der Waals surface area contributed by atoms with Gasteiger partial charge in [0.2, 0.25) is 10.0 Å². The summed E-state index contributed by atoms with van der Waals surface area (Å²) in [4.78, 5) is 4.66. The molecule has 3 aliphatic rings. The molecule has 1 aromatic carbocycles. The SMILES string of the molecule is CC1COc2c(cccc2N2CCN(CCNS(=O)(=O)CC3CCCCC3)CC2)O1. The molecule has 0 radical (unpaired) electrons. The topological polar surface area (TPSA) is 71.1 Å². The quantitative estimate of drug-likeness (QED) is 0.707. The number of hydrogen-bond acceptors (Lipinski definition) is 6. The van der Waals surface area contributed by atoms with Gasteiger partial charge < -0.3 is 14.4 Å². The Labute approximate surface area is 180 Å². The molecule has 0 bridgehead atoms. The number of rotatable bonds is 7. The fourth-order valence-corrected chi connectivity index (χ4v) is 6.21. The molecule has 1 aliphatic carbocycles. The second-order valence-electron chi connectivity index (χ2n) is 8.85. The average molecular weight is 438 g/mol. The lowest BCUT2D eigenvalue weighted by molar-refractivity contribution is 0.104. The molecule has 4 rings (SSSR count). The van der Waals surface area contributed by atoms with E-state index in [2.05, 4.69) is 20.6 Å². The Hall–Kier alpha value is -1.51.